The van der Waals surface area contributed by atoms with Crippen molar-refractivity contribution in [3.05, 3.63) is 0 Å². The van der Waals surface area contributed by atoms with E-state index in [0.29, 0.717) is 58.7 Å². The smallest absolute Gasteiger partial charge is 0.426 e. The zero-order valence-corrected chi connectivity index (χ0v) is 32.7. The number of amides is 3. The van der Waals surface area contributed by atoms with E-state index >= 15 is 0 Å². The summed E-state index contributed by atoms with van der Waals surface area (Å²) in [7, 11) is -1.70. The number of esters is 4. The number of hydrogen-bond acceptors (Lipinski definition) is 18. The van der Waals surface area contributed by atoms with E-state index in [1.165, 1.54) is 11.8 Å². The van der Waals surface area contributed by atoms with Crippen LogP contribution < -0.4 is 10.6 Å². The Morgan fingerprint density at radius 3 is 1.82 bits per heavy atom. The van der Waals surface area contributed by atoms with Crippen LogP contribution in [0.2, 0.25) is 0 Å². The van der Waals surface area contributed by atoms with Crippen molar-refractivity contribution in [2.45, 2.75) is 77.1 Å². The molecule has 5 fully saturated rings. The summed E-state index contributed by atoms with van der Waals surface area (Å²) in [5.74, 6) is -7.92. The topological polar surface area (TPSA) is 254 Å². The van der Waals surface area contributed by atoms with Gasteiger partial charge in [-0.1, -0.05) is 13.8 Å². The third-order valence-corrected chi connectivity index (χ3v) is 11.0. The molecule has 5 bridgehead atoms. The quantitative estimate of drug-likeness (QED) is 0.108. The van der Waals surface area contributed by atoms with Crippen molar-refractivity contribution in [1.29, 1.82) is 0 Å². The summed E-state index contributed by atoms with van der Waals surface area (Å²) in [6.45, 7) is 6.68. The standard InChI is InChI=1S/C35H54BN7O14/c1-22(2)25(32(49)38-23(3)33(50)43-8-4-5-27(43)36(52)53)17-24(44)18-37-28(45)7-6-26-34(51)57-35-54-29(46)19-39-9-11-40(20-30(47)55-35)13-15-42(26)16-14-41(12-10-39)21-31(48)56-35/h22-23,25-27,52-53H,4-21H2,1-3H3,(H,37,45)(H,38,49)/t23-,25+,26-,27+/m1/s1. The highest BCUT2D eigenvalue weighted by molar-refractivity contribution is 6.43. The Hall–Kier alpha value is -4.22. The van der Waals surface area contributed by atoms with Crippen LogP contribution >= 0.6 is 0 Å². The molecule has 21 nitrogen and oxygen atoms in total. The molecule has 0 aromatic heterocycles. The Morgan fingerprint density at radius 2 is 1.32 bits per heavy atom. The number of likely N-dealkylation sites (tertiary alicyclic amines) is 1. The van der Waals surface area contributed by atoms with Crippen LogP contribution in [0, 0.1) is 11.8 Å². The Morgan fingerprint density at radius 1 is 0.789 bits per heavy atom. The van der Waals surface area contributed by atoms with E-state index < -0.39 is 91.1 Å². The highest BCUT2D eigenvalue weighted by Gasteiger charge is 2.53. The molecule has 316 valence electrons. The maximum absolute atomic E-state index is 14.0. The molecule has 0 aromatic rings. The van der Waals surface area contributed by atoms with Crippen molar-refractivity contribution in [3.63, 3.8) is 0 Å². The maximum Gasteiger partial charge on any atom is 0.619 e. The summed E-state index contributed by atoms with van der Waals surface area (Å²) in [5, 5.41) is 24.5. The Balaban J connectivity index is 1.24. The highest BCUT2D eigenvalue weighted by atomic mass is 17.0. The van der Waals surface area contributed by atoms with E-state index in [2.05, 4.69) is 10.6 Å². The van der Waals surface area contributed by atoms with Crippen molar-refractivity contribution in [1.82, 2.24) is 35.1 Å². The Labute approximate surface area is 330 Å². The molecule has 0 radical (unpaired) electrons. The zero-order chi connectivity index (χ0) is 41.4. The number of nitrogens with zero attached hydrogens (tertiary/aromatic N) is 5. The average Bonchev–Trinajstić information content (AvgIpc) is 3.61. The predicted molar refractivity (Wildman–Crippen MR) is 195 cm³/mol. The molecule has 57 heavy (non-hydrogen) atoms. The summed E-state index contributed by atoms with van der Waals surface area (Å²) in [6, 6.07) is -2.15. The van der Waals surface area contributed by atoms with Crippen LogP contribution in [0.25, 0.3) is 0 Å². The summed E-state index contributed by atoms with van der Waals surface area (Å²) >= 11 is 0. The summed E-state index contributed by atoms with van der Waals surface area (Å²) in [6.07, 6.45) is -2.79. The lowest BCUT2D eigenvalue weighted by Gasteiger charge is -2.35. The first kappa shape index (κ1) is 43.9. The maximum atomic E-state index is 14.0. The molecule has 5 rings (SSSR count). The fraction of sp³-hybridized carbons (Fsp3) is 0.771. The lowest BCUT2D eigenvalue weighted by atomic mass is 9.78. The van der Waals surface area contributed by atoms with Gasteiger partial charge in [-0.05, 0) is 32.1 Å². The second-order valence-corrected chi connectivity index (χ2v) is 15.5. The molecule has 22 heteroatoms. The van der Waals surface area contributed by atoms with E-state index in [-0.39, 0.29) is 57.9 Å². The highest BCUT2D eigenvalue weighted by Crippen LogP contribution is 2.26. The van der Waals surface area contributed by atoms with Crippen molar-refractivity contribution in [3.8, 4) is 0 Å². The molecule has 0 saturated carbocycles. The molecular formula is C35H54BN7O14. The zero-order valence-electron chi connectivity index (χ0n) is 32.7. The van der Waals surface area contributed by atoms with Gasteiger partial charge in [0, 0.05) is 77.7 Å². The van der Waals surface area contributed by atoms with Gasteiger partial charge in [0.1, 0.15) is 12.1 Å². The minimum Gasteiger partial charge on any atom is -0.426 e. The SMILES string of the molecule is CC(C)[C@H](CC(=O)CNC(=O)CC[C@@H]1C(=O)OC23OC(=O)CN4CCN(CCN1CCN(CC4)CC(=O)O2)CC(=O)O3)C(=O)N[C@H](C)C(=O)N1CCC[C@H]1B(O)O. The Kier molecular flexibility index (Phi) is 15.0. The van der Waals surface area contributed by atoms with Crippen molar-refractivity contribution < 1.29 is 67.4 Å². The molecule has 1 spiro atoms. The molecule has 2 unspecified atom stereocenters. The van der Waals surface area contributed by atoms with Gasteiger partial charge in [-0.15, -0.1) is 0 Å². The molecule has 6 atom stereocenters. The van der Waals surface area contributed by atoms with Gasteiger partial charge < -0.3 is 44.5 Å². The van der Waals surface area contributed by atoms with E-state index in [1.54, 1.807) is 28.5 Å². The van der Waals surface area contributed by atoms with Gasteiger partial charge in [0.15, 0.2) is 5.78 Å². The molecule has 0 aromatic carbocycles. The molecule has 5 heterocycles. The van der Waals surface area contributed by atoms with Gasteiger partial charge >= 0.3 is 37.2 Å². The van der Waals surface area contributed by atoms with Gasteiger partial charge in [-0.25, -0.2) is 0 Å². The van der Waals surface area contributed by atoms with E-state index in [1.807, 2.05) is 4.90 Å². The van der Waals surface area contributed by atoms with Crippen molar-refractivity contribution in [2.24, 2.45) is 11.8 Å². The van der Waals surface area contributed by atoms with Crippen LogP contribution in [-0.2, 0) is 57.3 Å². The van der Waals surface area contributed by atoms with Crippen LogP contribution in [0.4, 0.5) is 0 Å². The normalized spacial score (nSPS) is 30.5. The number of rotatable bonds is 12. The van der Waals surface area contributed by atoms with Crippen LogP contribution in [0.5, 0.6) is 0 Å². The number of Topliss-reactive ketones (excluding diaryl/α,β-unsaturated/α-hetero) is 1. The minimum absolute atomic E-state index is 0.146. The minimum atomic E-state index is -3.14. The number of hydrogen-bond donors (Lipinski definition) is 4. The number of carbonyl (C=O) groups excluding carboxylic acids is 8. The van der Waals surface area contributed by atoms with Crippen LogP contribution in [0.3, 0.4) is 0 Å². The number of ketones is 1. The largest absolute Gasteiger partial charge is 0.619 e. The molecule has 3 amide bonds. The van der Waals surface area contributed by atoms with Gasteiger partial charge in [0.25, 0.3) is 0 Å². The third-order valence-electron chi connectivity index (χ3n) is 11.0. The number of ether oxygens (including phenoxy) is 4. The van der Waals surface area contributed by atoms with Gasteiger partial charge in [0.05, 0.1) is 32.1 Å². The second kappa shape index (κ2) is 19.5. The molecule has 5 aliphatic heterocycles. The second-order valence-electron chi connectivity index (χ2n) is 15.5. The van der Waals surface area contributed by atoms with Gasteiger partial charge in [0.2, 0.25) is 17.7 Å². The van der Waals surface area contributed by atoms with E-state index in [0.717, 1.165) is 0 Å². The van der Waals surface area contributed by atoms with Crippen LogP contribution in [0.15, 0.2) is 0 Å². The Bertz CT molecular complexity index is 1500. The molecule has 0 aliphatic carbocycles. The summed E-state index contributed by atoms with van der Waals surface area (Å²) in [4.78, 5) is 114. The molecular weight excluding hydrogens is 753 g/mol. The van der Waals surface area contributed by atoms with Crippen LogP contribution in [0.1, 0.15) is 52.9 Å². The van der Waals surface area contributed by atoms with E-state index in [9.17, 15) is 48.4 Å². The fourth-order valence-corrected chi connectivity index (χ4v) is 7.68. The van der Waals surface area contributed by atoms with E-state index in [4.69, 9.17) is 18.9 Å². The van der Waals surface area contributed by atoms with Crippen molar-refractivity contribution in [2.75, 3.05) is 85.1 Å². The van der Waals surface area contributed by atoms with Gasteiger partial charge in [-0.2, -0.15) is 0 Å². The average molecular weight is 808 g/mol. The first-order chi connectivity index (χ1) is 27.0. The predicted octanol–water partition coefficient (Wildman–Crippen LogP) is -3.96. The summed E-state index contributed by atoms with van der Waals surface area (Å²) < 4.78 is 21.6. The summed E-state index contributed by atoms with van der Waals surface area (Å²) in [5.41, 5.74) is 0. The molecule has 5 saturated heterocycles. The fourth-order valence-electron chi connectivity index (χ4n) is 7.68. The number of nitrogens with one attached hydrogen (secondary N) is 2. The monoisotopic (exact) mass is 807 g/mol. The first-order valence-corrected chi connectivity index (χ1v) is 19.6. The lowest BCUT2D eigenvalue weighted by Crippen LogP contribution is -2.53. The van der Waals surface area contributed by atoms with Crippen LogP contribution in [-0.4, -0.2) is 198 Å². The lowest BCUT2D eigenvalue weighted by molar-refractivity contribution is -0.432. The number of carbonyl (C=O) groups is 8. The van der Waals surface area contributed by atoms with Crippen molar-refractivity contribution >= 4 is 54.5 Å². The first-order valence-electron chi connectivity index (χ1n) is 19.6. The molecule has 5 aliphatic rings. The third kappa shape index (κ3) is 11.9. The number of fused-ring (bicyclic) bond motifs is 12. The van der Waals surface area contributed by atoms with Gasteiger partial charge in [-0.3, -0.25) is 58.0 Å². The molecule has 4 N–H and O–H groups in total.